The number of amides is 1. The van der Waals surface area contributed by atoms with Crippen LogP contribution in [-0.2, 0) is 9.84 Å². The van der Waals surface area contributed by atoms with Crippen molar-refractivity contribution in [2.24, 2.45) is 5.73 Å². The van der Waals surface area contributed by atoms with E-state index in [0.29, 0.717) is 11.3 Å². The molecule has 0 aliphatic heterocycles. The fourth-order valence-corrected chi connectivity index (χ4v) is 3.15. The number of primary amides is 1. The van der Waals surface area contributed by atoms with Crippen molar-refractivity contribution in [1.29, 1.82) is 0 Å². The van der Waals surface area contributed by atoms with E-state index in [1.165, 1.54) is 17.8 Å². The Bertz CT molecular complexity index is 784. The molecule has 0 aliphatic carbocycles. The van der Waals surface area contributed by atoms with Crippen molar-refractivity contribution in [3.8, 4) is 0 Å². The number of rotatable bonds is 4. The van der Waals surface area contributed by atoms with E-state index in [-0.39, 0.29) is 4.90 Å². The quantitative estimate of drug-likeness (QED) is 0.837. The summed E-state index contributed by atoms with van der Waals surface area (Å²) in [5, 5.41) is 0. The summed E-state index contributed by atoms with van der Waals surface area (Å²) in [4.78, 5) is 12.9. The number of anilines is 1. The summed E-state index contributed by atoms with van der Waals surface area (Å²) >= 11 is 1.38. The molecule has 0 heterocycles. The lowest BCUT2D eigenvalue weighted by Gasteiger charge is -2.07. The Kier molecular flexibility index (Phi) is 4.24. The van der Waals surface area contributed by atoms with Gasteiger partial charge in [-0.2, -0.15) is 0 Å². The van der Waals surface area contributed by atoms with Crippen LogP contribution in [0.3, 0.4) is 0 Å². The molecule has 4 N–H and O–H groups in total. The average molecular weight is 322 g/mol. The van der Waals surface area contributed by atoms with Gasteiger partial charge in [0.25, 0.3) is 0 Å². The Morgan fingerprint density at radius 1 is 1.10 bits per heavy atom. The van der Waals surface area contributed by atoms with E-state index in [1.54, 1.807) is 36.4 Å². The smallest absolute Gasteiger partial charge is 0.248 e. The number of nitrogen functional groups attached to an aromatic ring is 1. The van der Waals surface area contributed by atoms with Crippen molar-refractivity contribution in [3.63, 3.8) is 0 Å². The third-order valence-electron chi connectivity index (χ3n) is 2.77. The van der Waals surface area contributed by atoms with E-state index in [9.17, 15) is 13.2 Å². The third-order valence-corrected chi connectivity index (χ3v) is 5.00. The summed E-state index contributed by atoms with van der Waals surface area (Å²) in [7, 11) is -3.20. The van der Waals surface area contributed by atoms with Gasteiger partial charge in [-0.15, -0.1) is 0 Å². The predicted octanol–water partition coefficient (Wildman–Crippen LogP) is 1.92. The van der Waals surface area contributed by atoms with E-state index in [2.05, 4.69) is 0 Å². The summed E-state index contributed by atoms with van der Waals surface area (Å²) < 4.78 is 22.8. The van der Waals surface area contributed by atoms with E-state index in [4.69, 9.17) is 11.5 Å². The summed E-state index contributed by atoms with van der Waals surface area (Å²) in [5.74, 6) is -0.532. The van der Waals surface area contributed by atoms with Gasteiger partial charge in [-0.3, -0.25) is 4.79 Å². The normalized spacial score (nSPS) is 11.3. The van der Waals surface area contributed by atoms with Crippen LogP contribution < -0.4 is 11.5 Å². The zero-order valence-electron chi connectivity index (χ0n) is 11.2. The molecule has 0 atom stereocenters. The van der Waals surface area contributed by atoms with Crippen LogP contribution in [0.25, 0.3) is 0 Å². The SMILES string of the molecule is CS(=O)(=O)c1ccc(Sc2ccc(C(N)=O)cc2N)cc1. The zero-order valence-corrected chi connectivity index (χ0v) is 12.9. The van der Waals surface area contributed by atoms with Crippen LogP contribution in [0.1, 0.15) is 10.4 Å². The Hall–Kier alpha value is -1.99. The molecule has 2 rings (SSSR count). The lowest BCUT2D eigenvalue weighted by molar-refractivity contribution is 0.100. The highest BCUT2D eigenvalue weighted by Crippen LogP contribution is 2.33. The molecule has 0 aromatic heterocycles. The number of benzene rings is 2. The Morgan fingerprint density at radius 3 is 2.19 bits per heavy atom. The Balaban J connectivity index is 2.24. The van der Waals surface area contributed by atoms with Gasteiger partial charge in [-0.25, -0.2) is 8.42 Å². The maximum absolute atomic E-state index is 11.4. The molecule has 0 bridgehead atoms. The van der Waals surface area contributed by atoms with Gasteiger partial charge in [-0.05, 0) is 42.5 Å². The standard InChI is InChI=1S/C14H14N2O3S2/c1-21(18,19)11-5-3-10(4-6-11)20-13-7-2-9(14(16)17)8-12(13)15/h2-8H,15H2,1H3,(H2,16,17). The molecule has 0 radical (unpaired) electrons. The average Bonchev–Trinajstić information content (AvgIpc) is 2.40. The molecule has 5 nitrogen and oxygen atoms in total. The molecule has 2 aromatic rings. The molecule has 0 saturated heterocycles. The molecule has 0 saturated carbocycles. The van der Waals surface area contributed by atoms with Crippen LogP contribution in [0, 0.1) is 0 Å². The van der Waals surface area contributed by atoms with Crippen molar-refractivity contribution in [1.82, 2.24) is 0 Å². The van der Waals surface area contributed by atoms with Crippen LogP contribution >= 0.6 is 11.8 Å². The Labute approximate surface area is 127 Å². The third kappa shape index (κ3) is 3.77. The van der Waals surface area contributed by atoms with Gasteiger partial charge in [0.05, 0.1) is 4.90 Å². The highest BCUT2D eigenvalue weighted by Gasteiger charge is 2.09. The van der Waals surface area contributed by atoms with Crippen molar-refractivity contribution in [2.75, 3.05) is 12.0 Å². The molecular formula is C14H14N2O3S2. The van der Waals surface area contributed by atoms with E-state index < -0.39 is 15.7 Å². The second kappa shape index (κ2) is 5.79. The summed E-state index contributed by atoms with van der Waals surface area (Å²) in [6.45, 7) is 0. The molecule has 110 valence electrons. The van der Waals surface area contributed by atoms with Crippen LogP contribution in [0.2, 0.25) is 0 Å². The van der Waals surface area contributed by atoms with Gasteiger partial charge in [0.15, 0.2) is 9.84 Å². The number of hydrogen-bond acceptors (Lipinski definition) is 5. The highest BCUT2D eigenvalue weighted by molar-refractivity contribution is 7.99. The topological polar surface area (TPSA) is 103 Å². The van der Waals surface area contributed by atoms with Crippen molar-refractivity contribution in [2.45, 2.75) is 14.7 Å². The number of sulfone groups is 1. The first-order valence-electron chi connectivity index (χ1n) is 5.94. The number of carbonyl (C=O) groups excluding carboxylic acids is 1. The maximum Gasteiger partial charge on any atom is 0.248 e. The van der Waals surface area contributed by atoms with Crippen molar-refractivity contribution >= 4 is 33.2 Å². The van der Waals surface area contributed by atoms with E-state index in [0.717, 1.165) is 16.0 Å². The van der Waals surface area contributed by atoms with Gasteiger partial charge < -0.3 is 11.5 Å². The first-order valence-corrected chi connectivity index (χ1v) is 8.65. The van der Waals surface area contributed by atoms with Gasteiger partial charge in [-0.1, -0.05) is 11.8 Å². The van der Waals surface area contributed by atoms with Crippen LogP contribution in [0.15, 0.2) is 57.2 Å². The van der Waals surface area contributed by atoms with Gasteiger partial charge in [0.1, 0.15) is 0 Å². The minimum atomic E-state index is -3.20. The number of hydrogen-bond donors (Lipinski definition) is 2. The molecule has 0 unspecified atom stereocenters. The van der Waals surface area contributed by atoms with Gasteiger partial charge >= 0.3 is 0 Å². The molecular weight excluding hydrogens is 308 g/mol. The molecule has 21 heavy (non-hydrogen) atoms. The summed E-state index contributed by atoms with van der Waals surface area (Å²) in [6.07, 6.45) is 1.16. The van der Waals surface area contributed by atoms with Crippen LogP contribution in [0.5, 0.6) is 0 Å². The predicted molar refractivity (Wildman–Crippen MR) is 83.0 cm³/mol. The first-order chi connectivity index (χ1) is 9.77. The molecule has 1 amide bonds. The molecule has 0 spiro atoms. The minimum absolute atomic E-state index is 0.267. The molecule has 2 aromatic carbocycles. The first kappa shape index (κ1) is 15.4. The fourth-order valence-electron chi connectivity index (χ4n) is 1.68. The number of carbonyl (C=O) groups is 1. The van der Waals surface area contributed by atoms with Gasteiger partial charge in [0.2, 0.25) is 5.91 Å². The van der Waals surface area contributed by atoms with E-state index >= 15 is 0 Å². The maximum atomic E-state index is 11.4. The zero-order chi connectivity index (χ0) is 15.6. The second-order valence-electron chi connectivity index (χ2n) is 4.46. The Morgan fingerprint density at radius 2 is 1.71 bits per heavy atom. The van der Waals surface area contributed by atoms with E-state index in [1.807, 2.05) is 0 Å². The lowest BCUT2D eigenvalue weighted by Crippen LogP contribution is -2.11. The van der Waals surface area contributed by atoms with Crippen LogP contribution in [0.4, 0.5) is 5.69 Å². The summed E-state index contributed by atoms with van der Waals surface area (Å²) in [5.41, 5.74) is 11.9. The van der Waals surface area contributed by atoms with Gasteiger partial charge in [0, 0.05) is 27.3 Å². The second-order valence-corrected chi connectivity index (χ2v) is 7.59. The van der Waals surface area contributed by atoms with Crippen molar-refractivity contribution < 1.29 is 13.2 Å². The fraction of sp³-hybridized carbons (Fsp3) is 0.0714. The minimum Gasteiger partial charge on any atom is -0.398 e. The number of nitrogens with two attached hydrogens (primary N) is 2. The van der Waals surface area contributed by atoms with Crippen LogP contribution in [-0.4, -0.2) is 20.6 Å². The largest absolute Gasteiger partial charge is 0.398 e. The monoisotopic (exact) mass is 322 g/mol. The van der Waals surface area contributed by atoms with Crippen molar-refractivity contribution in [3.05, 3.63) is 48.0 Å². The molecule has 0 fully saturated rings. The molecule has 7 heteroatoms. The summed E-state index contributed by atoms with van der Waals surface area (Å²) in [6, 6.07) is 11.4. The lowest BCUT2D eigenvalue weighted by atomic mass is 10.2. The highest BCUT2D eigenvalue weighted by atomic mass is 32.2. The molecule has 0 aliphatic rings.